The van der Waals surface area contributed by atoms with Gasteiger partial charge in [0, 0.05) is 32.1 Å². The van der Waals surface area contributed by atoms with Crippen molar-refractivity contribution in [3.63, 3.8) is 0 Å². The van der Waals surface area contributed by atoms with E-state index in [9.17, 15) is 13.6 Å². The standard InChI is InChI=1S/C21H26F2N4O2/c22-20(23)29-16-7-8-17-14(12-16)4-3-5-18(17)26-21(28)24-10-9-15-13-27-11-2-1-6-19(27)25-15/h7-8,12-13,18,20H,1-6,9-11H2,(H2,24,26,28). The van der Waals surface area contributed by atoms with Crippen LogP contribution in [0, 0.1) is 0 Å². The fraction of sp³-hybridized carbons (Fsp3) is 0.524. The van der Waals surface area contributed by atoms with E-state index in [1.165, 1.54) is 18.9 Å². The van der Waals surface area contributed by atoms with Gasteiger partial charge in [0.2, 0.25) is 0 Å². The summed E-state index contributed by atoms with van der Waals surface area (Å²) in [7, 11) is 0. The van der Waals surface area contributed by atoms with Crippen molar-refractivity contribution in [1.82, 2.24) is 20.2 Å². The molecule has 0 radical (unpaired) electrons. The number of hydrogen-bond acceptors (Lipinski definition) is 3. The third-order valence-corrected chi connectivity index (χ3v) is 5.58. The summed E-state index contributed by atoms with van der Waals surface area (Å²) in [5, 5.41) is 5.91. The number of halogens is 2. The molecule has 0 saturated carbocycles. The van der Waals surface area contributed by atoms with Gasteiger partial charge in [-0.1, -0.05) is 6.07 Å². The topological polar surface area (TPSA) is 68.2 Å². The van der Waals surface area contributed by atoms with Gasteiger partial charge < -0.3 is 19.9 Å². The molecule has 1 aliphatic carbocycles. The highest BCUT2D eigenvalue weighted by atomic mass is 19.3. The molecule has 0 fully saturated rings. The van der Waals surface area contributed by atoms with Crippen molar-refractivity contribution in [3.05, 3.63) is 47.0 Å². The van der Waals surface area contributed by atoms with Crippen LogP contribution < -0.4 is 15.4 Å². The zero-order chi connectivity index (χ0) is 20.2. The summed E-state index contributed by atoms with van der Waals surface area (Å²) < 4.78 is 31.5. The third kappa shape index (κ3) is 4.86. The maximum atomic E-state index is 12.4. The molecule has 1 aromatic heterocycles. The van der Waals surface area contributed by atoms with Crippen LogP contribution >= 0.6 is 0 Å². The maximum absolute atomic E-state index is 12.4. The number of imidazole rings is 1. The lowest BCUT2D eigenvalue weighted by Gasteiger charge is -2.27. The SMILES string of the molecule is O=C(NCCc1cn2c(n1)CCCC2)NC1CCCc2cc(OC(F)F)ccc21. The van der Waals surface area contributed by atoms with Crippen LogP contribution in [-0.2, 0) is 25.8 Å². The summed E-state index contributed by atoms with van der Waals surface area (Å²) in [5.41, 5.74) is 2.93. The highest BCUT2D eigenvalue weighted by molar-refractivity contribution is 5.74. The summed E-state index contributed by atoms with van der Waals surface area (Å²) in [6.07, 6.45) is 8.70. The van der Waals surface area contributed by atoms with Gasteiger partial charge >= 0.3 is 12.6 Å². The first-order chi connectivity index (χ1) is 14.1. The van der Waals surface area contributed by atoms with Crippen molar-refractivity contribution in [2.24, 2.45) is 0 Å². The number of ether oxygens (including phenoxy) is 1. The number of carbonyl (C=O) groups is 1. The number of rotatable bonds is 6. The second-order valence-corrected chi connectivity index (χ2v) is 7.63. The van der Waals surface area contributed by atoms with Crippen molar-refractivity contribution < 1.29 is 18.3 Å². The number of nitrogens with zero attached hydrogens (tertiary/aromatic N) is 2. The monoisotopic (exact) mass is 404 g/mol. The molecule has 1 unspecified atom stereocenters. The lowest BCUT2D eigenvalue weighted by Crippen LogP contribution is -2.39. The van der Waals surface area contributed by atoms with Gasteiger partial charge in [-0.3, -0.25) is 0 Å². The summed E-state index contributed by atoms with van der Waals surface area (Å²) in [6.45, 7) is -1.29. The van der Waals surface area contributed by atoms with E-state index in [1.54, 1.807) is 12.1 Å². The van der Waals surface area contributed by atoms with E-state index >= 15 is 0 Å². The number of nitrogens with one attached hydrogen (secondary N) is 2. The molecule has 2 N–H and O–H groups in total. The highest BCUT2D eigenvalue weighted by Crippen LogP contribution is 2.32. The number of carbonyl (C=O) groups excluding carboxylic acids is 1. The zero-order valence-electron chi connectivity index (χ0n) is 16.3. The molecule has 2 aliphatic rings. The summed E-state index contributed by atoms with van der Waals surface area (Å²) in [5.74, 6) is 1.30. The van der Waals surface area contributed by atoms with Gasteiger partial charge in [-0.2, -0.15) is 8.78 Å². The molecule has 1 aliphatic heterocycles. The van der Waals surface area contributed by atoms with Crippen molar-refractivity contribution in [2.45, 2.75) is 64.1 Å². The van der Waals surface area contributed by atoms with Gasteiger partial charge in [0.05, 0.1) is 11.7 Å². The number of hydrogen-bond donors (Lipinski definition) is 2. The Balaban J connectivity index is 1.29. The van der Waals surface area contributed by atoms with Crippen molar-refractivity contribution in [2.75, 3.05) is 6.54 Å². The Morgan fingerprint density at radius 2 is 2.17 bits per heavy atom. The Labute approximate surface area is 168 Å². The van der Waals surface area contributed by atoms with Gasteiger partial charge in [-0.25, -0.2) is 9.78 Å². The van der Waals surface area contributed by atoms with Gasteiger partial charge in [0.1, 0.15) is 11.6 Å². The second kappa shape index (κ2) is 8.80. The maximum Gasteiger partial charge on any atom is 0.387 e. The van der Waals surface area contributed by atoms with Crippen LogP contribution in [0.15, 0.2) is 24.4 Å². The van der Waals surface area contributed by atoms with Crippen LogP contribution in [-0.4, -0.2) is 28.7 Å². The Kier molecular flexibility index (Phi) is 5.97. The first-order valence-corrected chi connectivity index (χ1v) is 10.3. The van der Waals surface area contributed by atoms with Crippen molar-refractivity contribution in [1.29, 1.82) is 0 Å². The summed E-state index contributed by atoms with van der Waals surface area (Å²) in [4.78, 5) is 17.0. The van der Waals surface area contributed by atoms with Gasteiger partial charge in [0.15, 0.2) is 0 Å². The number of fused-ring (bicyclic) bond motifs is 2. The minimum Gasteiger partial charge on any atom is -0.435 e. The molecule has 6 nitrogen and oxygen atoms in total. The van der Waals surface area contributed by atoms with Gasteiger partial charge in [-0.15, -0.1) is 0 Å². The highest BCUT2D eigenvalue weighted by Gasteiger charge is 2.22. The fourth-order valence-electron chi connectivity index (χ4n) is 4.22. The van der Waals surface area contributed by atoms with E-state index < -0.39 is 6.61 Å². The quantitative estimate of drug-likeness (QED) is 0.771. The minimum atomic E-state index is -2.84. The Hall–Kier alpha value is -2.64. The van der Waals surface area contributed by atoms with Crippen LogP contribution in [0.4, 0.5) is 13.6 Å². The first kappa shape index (κ1) is 19.7. The Morgan fingerprint density at radius 1 is 1.28 bits per heavy atom. The first-order valence-electron chi connectivity index (χ1n) is 10.3. The second-order valence-electron chi connectivity index (χ2n) is 7.63. The van der Waals surface area contributed by atoms with E-state index in [0.717, 1.165) is 54.9 Å². The number of urea groups is 1. The fourth-order valence-corrected chi connectivity index (χ4v) is 4.22. The molecule has 2 heterocycles. The average molecular weight is 404 g/mol. The molecule has 4 rings (SSSR count). The minimum absolute atomic E-state index is 0.126. The predicted octanol–water partition coefficient (Wildman–Crippen LogP) is 3.74. The van der Waals surface area contributed by atoms with Crippen molar-refractivity contribution in [3.8, 4) is 5.75 Å². The molecule has 8 heteroatoms. The van der Waals surface area contributed by atoms with E-state index in [1.807, 2.05) is 0 Å². The molecule has 1 atom stereocenters. The van der Waals surface area contributed by atoms with Gasteiger partial charge in [-0.05, 0) is 55.4 Å². The predicted molar refractivity (Wildman–Crippen MR) is 104 cm³/mol. The average Bonchev–Trinajstić information content (AvgIpc) is 3.10. The molecule has 0 spiro atoms. The third-order valence-electron chi connectivity index (χ3n) is 5.58. The molecular formula is C21H26F2N4O2. The van der Waals surface area contributed by atoms with Crippen LogP contribution in [0.3, 0.4) is 0 Å². The van der Waals surface area contributed by atoms with E-state index in [-0.39, 0.29) is 17.8 Å². The lowest BCUT2D eigenvalue weighted by molar-refractivity contribution is -0.0499. The van der Waals surface area contributed by atoms with Gasteiger partial charge in [0.25, 0.3) is 0 Å². The van der Waals surface area contributed by atoms with Crippen LogP contribution in [0.25, 0.3) is 0 Å². The lowest BCUT2D eigenvalue weighted by atomic mass is 9.87. The van der Waals surface area contributed by atoms with E-state index in [0.29, 0.717) is 13.0 Å². The number of aryl methyl sites for hydroxylation is 3. The van der Waals surface area contributed by atoms with Crippen LogP contribution in [0.2, 0.25) is 0 Å². The largest absolute Gasteiger partial charge is 0.435 e. The van der Waals surface area contributed by atoms with E-state index in [2.05, 4.69) is 31.1 Å². The number of amides is 2. The molecule has 2 aromatic rings. The molecule has 0 saturated heterocycles. The molecule has 0 bridgehead atoms. The molecule has 2 amide bonds. The van der Waals surface area contributed by atoms with Crippen LogP contribution in [0.5, 0.6) is 5.75 Å². The van der Waals surface area contributed by atoms with E-state index in [4.69, 9.17) is 0 Å². The summed E-state index contributed by atoms with van der Waals surface area (Å²) >= 11 is 0. The number of alkyl halides is 2. The number of benzene rings is 1. The van der Waals surface area contributed by atoms with Crippen LogP contribution in [0.1, 0.15) is 54.4 Å². The zero-order valence-corrected chi connectivity index (χ0v) is 16.3. The Morgan fingerprint density at radius 3 is 3.00 bits per heavy atom. The molecular weight excluding hydrogens is 378 g/mol. The smallest absolute Gasteiger partial charge is 0.387 e. The summed E-state index contributed by atoms with van der Waals surface area (Å²) in [6, 6.07) is 4.60. The van der Waals surface area contributed by atoms with Crippen molar-refractivity contribution >= 4 is 6.03 Å². The Bertz CT molecular complexity index is 845. The molecule has 156 valence electrons. The normalized spacial score (nSPS) is 18.1. The number of aromatic nitrogens is 2. The molecule has 29 heavy (non-hydrogen) atoms. The molecule has 1 aromatic carbocycles.